The summed E-state index contributed by atoms with van der Waals surface area (Å²) in [6.07, 6.45) is 11.2. The predicted molar refractivity (Wildman–Crippen MR) is 153 cm³/mol. The second-order valence-electron chi connectivity index (χ2n) is 10.4. The summed E-state index contributed by atoms with van der Waals surface area (Å²) in [6.45, 7) is 0.646. The highest BCUT2D eigenvalue weighted by Crippen LogP contribution is 2.36. The molecule has 181 valence electrons. The summed E-state index contributed by atoms with van der Waals surface area (Å²) in [5, 5.41) is 5.76. The molecule has 0 fully saturated rings. The van der Waals surface area contributed by atoms with Gasteiger partial charge in [0.2, 0.25) is 0 Å². The number of rotatable bonds is 2. The molecule has 0 saturated carbocycles. The molecule has 1 aromatic heterocycles. The van der Waals surface area contributed by atoms with Crippen LogP contribution in [0, 0.1) is 6.20 Å². The molecule has 0 spiro atoms. The van der Waals surface area contributed by atoms with Crippen LogP contribution in [0.2, 0.25) is 0 Å². The van der Waals surface area contributed by atoms with E-state index in [9.17, 15) is 4.79 Å². The largest absolute Gasteiger partial charge is 0.320 e. The number of aryl methyl sites for hydroxylation is 1. The fourth-order valence-corrected chi connectivity index (χ4v) is 6.52. The second kappa shape index (κ2) is 8.23. The van der Waals surface area contributed by atoms with Gasteiger partial charge in [0.15, 0.2) is 5.78 Å². The van der Waals surface area contributed by atoms with Crippen molar-refractivity contribution >= 4 is 50.9 Å². The Balaban J connectivity index is 1.34. The normalized spacial score (nSPS) is 17.6. The first-order valence-corrected chi connectivity index (χ1v) is 13.2. The van der Waals surface area contributed by atoms with Gasteiger partial charge in [-0.3, -0.25) is 4.79 Å². The van der Waals surface area contributed by atoms with Gasteiger partial charge in [0, 0.05) is 17.8 Å². The summed E-state index contributed by atoms with van der Waals surface area (Å²) in [5.41, 5.74) is 15.4. The van der Waals surface area contributed by atoms with Gasteiger partial charge in [0.1, 0.15) is 0 Å². The highest BCUT2D eigenvalue weighted by Gasteiger charge is 2.23. The summed E-state index contributed by atoms with van der Waals surface area (Å²) >= 11 is 0. The van der Waals surface area contributed by atoms with E-state index in [2.05, 4.69) is 88.8 Å². The summed E-state index contributed by atoms with van der Waals surface area (Å²) in [7, 11) is 0. The van der Waals surface area contributed by atoms with Crippen molar-refractivity contribution in [3.63, 3.8) is 0 Å². The van der Waals surface area contributed by atoms with Crippen molar-refractivity contribution in [2.75, 3.05) is 5.43 Å². The molecule has 0 bridgehead atoms. The molecule has 2 N–H and O–H groups in total. The van der Waals surface area contributed by atoms with E-state index in [0.717, 1.165) is 62.3 Å². The van der Waals surface area contributed by atoms with E-state index < -0.39 is 0 Å². The number of hydrazine groups is 1. The number of pyridine rings is 1. The van der Waals surface area contributed by atoms with Crippen molar-refractivity contribution in [1.82, 2.24) is 10.4 Å². The van der Waals surface area contributed by atoms with Gasteiger partial charge in [-0.15, -0.1) is 0 Å². The maximum atomic E-state index is 13.1. The molecule has 38 heavy (non-hydrogen) atoms. The zero-order valence-electron chi connectivity index (χ0n) is 20.7. The van der Waals surface area contributed by atoms with Crippen molar-refractivity contribution in [3.05, 3.63) is 123 Å². The molecular weight excluding hydrogens is 466 g/mol. The lowest BCUT2D eigenvalue weighted by Crippen LogP contribution is -2.27. The van der Waals surface area contributed by atoms with Crippen LogP contribution in [-0.4, -0.2) is 10.8 Å². The smallest absolute Gasteiger partial charge is 0.179 e. The lowest BCUT2D eigenvalue weighted by atomic mass is 9.82. The molecule has 0 saturated heterocycles. The van der Waals surface area contributed by atoms with Crippen molar-refractivity contribution in [1.29, 1.82) is 0 Å². The number of carbonyl (C=O) groups excluding carboxylic acids is 1. The molecule has 0 amide bonds. The zero-order chi connectivity index (χ0) is 25.2. The molecule has 3 aliphatic rings. The lowest BCUT2D eigenvalue weighted by Gasteiger charge is -2.24. The first-order chi connectivity index (χ1) is 18.7. The molecule has 1 atom stereocenters. The lowest BCUT2D eigenvalue weighted by molar-refractivity contribution is -0.109. The van der Waals surface area contributed by atoms with Gasteiger partial charge in [-0.25, -0.2) is 10.4 Å². The third kappa shape index (κ3) is 3.20. The average Bonchev–Trinajstić information content (AvgIpc) is 2.97. The molecule has 2 heterocycles. The van der Waals surface area contributed by atoms with E-state index in [1.54, 1.807) is 12.2 Å². The second-order valence-corrected chi connectivity index (χ2v) is 10.4. The molecule has 4 nitrogen and oxygen atoms in total. The van der Waals surface area contributed by atoms with E-state index in [1.807, 2.05) is 12.1 Å². The molecule has 1 aliphatic heterocycles. The Hall–Kier alpha value is -4.54. The van der Waals surface area contributed by atoms with Crippen molar-refractivity contribution < 1.29 is 4.79 Å². The maximum absolute atomic E-state index is 13.1. The van der Waals surface area contributed by atoms with Gasteiger partial charge in [-0.1, -0.05) is 66.7 Å². The first-order valence-electron chi connectivity index (χ1n) is 13.2. The Bertz CT molecular complexity index is 1970. The quantitative estimate of drug-likeness (QED) is 0.369. The van der Waals surface area contributed by atoms with Crippen LogP contribution in [0.1, 0.15) is 40.2 Å². The molecule has 4 heteroatoms. The van der Waals surface area contributed by atoms with Gasteiger partial charge in [0.25, 0.3) is 0 Å². The number of carbonyl (C=O) groups is 1. The number of nitrogens with zero attached hydrogens (tertiary/aromatic N) is 1. The molecule has 2 aliphatic carbocycles. The molecule has 5 aromatic rings. The number of hydrogen-bond donors (Lipinski definition) is 2. The number of benzene rings is 4. The van der Waals surface area contributed by atoms with Crippen LogP contribution in [-0.2, 0) is 17.8 Å². The van der Waals surface area contributed by atoms with Crippen LogP contribution in [0.3, 0.4) is 0 Å². The molecular formula is C34H24N3O. The predicted octanol–water partition coefficient (Wildman–Crippen LogP) is 4.92. The van der Waals surface area contributed by atoms with Crippen molar-refractivity contribution in [2.45, 2.75) is 25.3 Å². The monoisotopic (exact) mass is 490 g/mol. The van der Waals surface area contributed by atoms with Gasteiger partial charge in [-0.05, 0) is 91.7 Å². The Morgan fingerprint density at radius 1 is 0.868 bits per heavy atom. The number of ketones is 1. The first kappa shape index (κ1) is 21.5. The van der Waals surface area contributed by atoms with Gasteiger partial charge >= 0.3 is 0 Å². The average molecular weight is 491 g/mol. The number of anilines is 1. The number of allylic oxidation sites excluding steroid dienone is 1. The minimum atomic E-state index is 0.0257. The highest BCUT2D eigenvalue weighted by atomic mass is 16.1. The van der Waals surface area contributed by atoms with E-state index in [1.165, 1.54) is 21.7 Å². The van der Waals surface area contributed by atoms with E-state index in [4.69, 9.17) is 0 Å². The fourth-order valence-electron chi connectivity index (χ4n) is 6.52. The van der Waals surface area contributed by atoms with E-state index >= 15 is 0 Å². The van der Waals surface area contributed by atoms with Crippen molar-refractivity contribution in [3.8, 4) is 0 Å². The SMILES string of the molecule is O=C1C=C(c2ccc3n[c]cc4c3c2CNN4)c2ccc3c4c(ccc3c2=C1)CCC(c1ccccc1)C=4. The van der Waals surface area contributed by atoms with Crippen LogP contribution in [0.5, 0.6) is 0 Å². The molecule has 1 radical (unpaired) electrons. The van der Waals surface area contributed by atoms with Crippen LogP contribution in [0.25, 0.3) is 39.4 Å². The third-order valence-corrected chi connectivity index (χ3v) is 8.29. The summed E-state index contributed by atoms with van der Waals surface area (Å²) < 4.78 is 0. The number of fused-ring (bicyclic) bond motifs is 5. The Kier molecular flexibility index (Phi) is 4.67. The van der Waals surface area contributed by atoms with E-state index in [-0.39, 0.29) is 5.78 Å². The fraction of sp³-hybridized carbons (Fsp3) is 0.118. The van der Waals surface area contributed by atoms with Crippen LogP contribution in [0.15, 0.2) is 78.9 Å². The summed E-state index contributed by atoms with van der Waals surface area (Å²) in [5.74, 6) is 0.427. The molecule has 8 rings (SSSR count). The number of nitrogens with one attached hydrogen (secondary N) is 2. The topological polar surface area (TPSA) is 54.0 Å². The minimum absolute atomic E-state index is 0.0257. The minimum Gasteiger partial charge on any atom is -0.320 e. The van der Waals surface area contributed by atoms with E-state index in [0.29, 0.717) is 12.5 Å². The summed E-state index contributed by atoms with van der Waals surface area (Å²) in [6, 6.07) is 25.7. The Morgan fingerprint density at radius 3 is 2.63 bits per heavy atom. The highest BCUT2D eigenvalue weighted by molar-refractivity contribution is 6.21. The number of hydrogen-bond acceptors (Lipinski definition) is 4. The van der Waals surface area contributed by atoms with Gasteiger partial charge in [0.05, 0.1) is 17.4 Å². The molecule has 1 unspecified atom stereocenters. The van der Waals surface area contributed by atoms with Gasteiger partial charge < -0.3 is 5.43 Å². The van der Waals surface area contributed by atoms with Crippen LogP contribution < -0.4 is 21.3 Å². The zero-order valence-corrected chi connectivity index (χ0v) is 20.7. The van der Waals surface area contributed by atoms with Crippen LogP contribution in [0.4, 0.5) is 5.69 Å². The van der Waals surface area contributed by atoms with Gasteiger partial charge in [-0.2, -0.15) is 0 Å². The Labute approximate surface area is 220 Å². The van der Waals surface area contributed by atoms with Crippen molar-refractivity contribution in [2.24, 2.45) is 0 Å². The Morgan fingerprint density at radius 2 is 1.71 bits per heavy atom. The third-order valence-electron chi connectivity index (χ3n) is 8.29. The summed E-state index contributed by atoms with van der Waals surface area (Å²) in [4.78, 5) is 17.6. The standard InChI is InChI=1S/C34H24N3O/c38-23-17-29-25-9-8-21-6-7-22(20-4-2-1-3-5-20)16-28(21)24(25)10-11-26(29)30(18-23)27-12-13-32-34-31(27)19-36-37-33(34)14-15-35-32/h1-5,8-14,16-18,22,36-37H,6-7,19H2. The van der Waals surface area contributed by atoms with Crippen LogP contribution >= 0.6 is 0 Å². The maximum Gasteiger partial charge on any atom is 0.179 e. The molecule has 4 aromatic carbocycles. The number of aromatic nitrogens is 1.